The van der Waals surface area contributed by atoms with E-state index in [2.05, 4.69) is 27.3 Å². The highest BCUT2D eigenvalue weighted by Crippen LogP contribution is 2.35. The van der Waals surface area contributed by atoms with Gasteiger partial charge in [0, 0.05) is 16.2 Å². The molecule has 1 atom stereocenters. The van der Waals surface area contributed by atoms with Gasteiger partial charge in [0.05, 0.1) is 29.3 Å². The van der Waals surface area contributed by atoms with Gasteiger partial charge in [-0.1, -0.05) is 12.1 Å². The Bertz CT molecular complexity index is 1200. The third-order valence-electron chi connectivity index (χ3n) is 5.57. The molecular formula is C21H18F3IN2O5S. The van der Waals surface area contributed by atoms with Crippen molar-refractivity contribution in [1.29, 1.82) is 0 Å². The molecule has 1 saturated heterocycles. The fraction of sp³-hybridized carbons (Fsp3) is 0.333. The fourth-order valence-electron chi connectivity index (χ4n) is 3.99. The highest BCUT2D eigenvalue weighted by Gasteiger charge is 2.41. The second-order valence-corrected chi connectivity index (χ2v) is 10.8. The van der Waals surface area contributed by atoms with Crippen molar-refractivity contribution in [3.8, 4) is 0 Å². The Morgan fingerprint density at radius 2 is 1.79 bits per heavy atom. The van der Waals surface area contributed by atoms with Crippen molar-refractivity contribution >= 4 is 50.0 Å². The molecule has 12 heteroatoms. The molecule has 2 aliphatic rings. The number of anilines is 1. The average Bonchev–Trinajstić information content (AvgIpc) is 3.33. The van der Waals surface area contributed by atoms with Gasteiger partial charge in [-0.15, -0.1) is 13.2 Å². The number of hydrogen-bond donors (Lipinski definition) is 0. The topological polar surface area (TPSA) is 84.0 Å². The predicted octanol–water partition coefficient (Wildman–Crippen LogP) is 3.71. The summed E-state index contributed by atoms with van der Waals surface area (Å²) in [7, 11) is -4.20. The van der Waals surface area contributed by atoms with Gasteiger partial charge in [-0.2, -0.15) is 4.31 Å². The maximum absolute atomic E-state index is 13.1. The van der Waals surface area contributed by atoms with Crippen LogP contribution in [0.25, 0.3) is 0 Å². The van der Waals surface area contributed by atoms with Gasteiger partial charge in [0.2, 0.25) is 10.0 Å². The summed E-state index contributed by atoms with van der Waals surface area (Å²) in [6.45, 7) is -0.629. The zero-order valence-corrected chi connectivity index (χ0v) is 20.0. The number of alkyl halides is 3. The van der Waals surface area contributed by atoms with Crippen molar-refractivity contribution < 1.29 is 35.9 Å². The van der Waals surface area contributed by atoms with E-state index in [1.807, 2.05) is 24.3 Å². The van der Waals surface area contributed by atoms with Crippen molar-refractivity contribution in [3.05, 3.63) is 57.2 Å². The van der Waals surface area contributed by atoms with E-state index in [-0.39, 0.29) is 30.0 Å². The number of nitrogens with zero attached hydrogens (tertiary/aromatic N) is 2. The molecule has 0 N–H and O–H groups in total. The number of carbonyl (C=O) groups excluding carboxylic acids is 2. The molecule has 4 rings (SSSR count). The van der Waals surface area contributed by atoms with Crippen LogP contribution in [0.5, 0.6) is 0 Å². The zero-order valence-electron chi connectivity index (χ0n) is 17.0. The normalized spacial score (nSPS) is 19.4. The Labute approximate surface area is 201 Å². The van der Waals surface area contributed by atoms with E-state index >= 15 is 0 Å². The molecule has 2 heterocycles. The molecule has 0 aliphatic carbocycles. The first kappa shape index (κ1) is 24.1. The molecule has 1 fully saturated rings. The quantitative estimate of drug-likeness (QED) is 0.379. The third kappa shape index (κ3) is 4.93. The maximum atomic E-state index is 13.1. The monoisotopic (exact) mass is 590 g/mol. The summed E-state index contributed by atoms with van der Waals surface area (Å²) in [4.78, 5) is 26.2. The van der Waals surface area contributed by atoms with Gasteiger partial charge >= 0.3 is 6.36 Å². The van der Waals surface area contributed by atoms with Crippen LogP contribution < -0.4 is 4.90 Å². The smallest absolute Gasteiger partial charge is 0.300 e. The molecule has 2 aliphatic heterocycles. The van der Waals surface area contributed by atoms with E-state index < -0.39 is 40.7 Å². The van der Waals surface area contributed by atoms with E-state index in [9.17, 15) is 31.2 Å². The Morgan fingerprint density at radius 3 is 2.45 bits per heavy atom. The molecule has 2 aromatic carbocycles. The van der Waals surface area contributed by atoms with Crippen LogP contribution in [-0.4, -0.2) is 50.0 Å². The van der Waals surface area contributed by atoms with Crippen LogP contribution in [0.3, 0.4) is 0 Å². The van der Waals surface area contributed by atoms with Crippen LogP contribution in [-0.2, 0) is 26.1 Å². The number of hydrogen-bond acceptors (Lipinski definition) is 5. The minimum Gasteiger partial charge on any atom is -0.300 e. The average molecular weight is 590 g/mol. The second-order valence-electron chi connectivity index (χ2n) is 7.69. The zero-order chi connectivity index (χ0) is 24.0. The van der Waals surface area contributed by atoms with Crippen molar-refractivity contribution in [3.63, 3.8) is 0 Å². The fourth-order valence-corrected chi connectivity index (χ4v) is 6.05. The molecule has 0 bridgehead atoms. The van der Waals surface area contributed by atoms with E-state index in [4.69, 9.17) is 0 Å². The number of fused-ring (bicyclic) bond motifs is 1. The number of rotatable bonds is 6. The van der Waals surface area contributed by atoms with Crippen molar-refractivity contribution in [2.75, 3.05) is 18.1 Å². The van der Waals surface area contributed by atoms with Gasteiger partial charge in [0.25, 0.3) is 11.7 Å². The number of carbonyl (C=O) groups is 2. The standard InChI is InChI=1S/C21H18F3IN2O5S/c22-21(23,24)32-12-15-2-1-9-27(15)33(30,31)16-7-8-18-17(10-16)19(28)20(29)26(18)11-13-3-5-14(25)6-4-13/h3-8,10,15H,1-2,9,11-12H2/t15-/m0/s1/i25-4. The number of benzene rings is 2. The largest absolute Gasteiger partial charge is 0.522 e. The lowest BCUT2D eigenvalue weighted by atomic mass is 10.1. The summed E-state index contributed by atoms with van der Waals surface area (Å²) in [5, 5.41) is 0. The van der Waals surface area contributed by atoms with Gasteiger partial charge in [-0.3, -0.25) is 14.3 Å². The Kier molecular flexibility index (Phi) is 6.55. The Balaban J connectivity index is 1.60. The van der Waals surface area contributed by atoms with E-state index in [0.717, 1.165) is 19.5 Å². The first-order chi connectivity index (χ1) is 15.5. The van der Waals surface area contributed by atoms with Gasteiger partial charge in [0.1, 0.15) is 0 Å². The SMILES string of the molecule is O=C1C(=O)N(Cc2ccc([123I])cc2)c2ccc(S(=O)(=O)N3CCC[C@H]3COC(F)(F)F)cc21. The molecule has 0 radical (unpaired) electrons. The second kappa shape index (κ2) is 8.96. The summed E-state index contributed by atoms with van der Waals surface area (Å²) in [5.41, 5.74) is 1.04. The first-order valence-electron chi connectivity index (χ1n) is 9.94. The van der Waals surface area contributed by atoms with Crippen molar-refractivity contribution in [2.24, 2.45) is 0 Å². The molecule has 0 unspecified atom stereocenters. The lowest BCUT2D eigenvalue weighted by molar-refractivity contribution is -0.327. The number of halogens is 4. The number of sulfonamides is 1. The maximum Gasteiger partial charge on any atom is 0.522 e. The van der Waals surface area contributed by atoms with Crippen LogP contribution in [0, 0.1) is 3.57 Å². The van der Waals surface area contributed by atoms with Crippen LogP contribution in [0.1, 0.15) is 28.8 Å². The third-order valence-corrected chi connectivity index (χ3v) is 8.23. The highest BCUT2D eigenvalue weighted by atomic mass is 123. The Hall–Kier alpha value is -2.03. The molecule has 176 valence electrons. The number of amides is 1. The molecule has 33 heavy (non-hydrogen) atoms. The summed E-state index contributed by atoms with van der Waals surface area (Å²) in [5.74, 6) is -1.60. The summed E-state index contributed by atoms with van der Waals surface area (Å²) < 4.78 is 69.4. The van der Waals surface area contributed by atoms with Crippen LogP contribution >= 0.6 is 22.6 Å². The minimum atomic E-state index is -4.86. The van der Waals surface area contributed by atoms with Gasteiger partial charge in [-0.25, -0.2) is 8.42 Å². The number of ether oxygens (including phenoxy) is 1. The molecular weight excluding hydrogens is 572 g/mol. The lowest BCUT2D eigenvalue weighted by Crippen LogP contribution is -2.39. The molecule has 7 nitrogen and oxygen atoms in total. The van der Waals surface area contributed by atoms with Crippen LogP contribution in [0.2, 0.25) is 0 Å². The molecule has 2 aromatic rings. The van der Waals surface area contributed by atoms with Gasteiger partial charge in [-0.05, 0) is 71.3 Å². The summed E-state index contributed by atoms with van der Waals surface area (Å²) in [6.07, 6.45) is -4.25. The van der Waals surface area contributed by atoms with E-state index in [0.29, 0.717) is 12.1 Å². The van der Waals surface area contributed by atoms with Crippen LogP contribution in [0.4, 0.5) is 18.9 Å². The lowest BCUT2D eigenvalue weighted by Gasteiger charge is -2.24. The minimum absolute atomic E-state index is 0.0388. The molecule has 0 aromatic heterocycles. The van der Waals surface area contributed by atoms with Crippen molar-refractivity contribution in [1.82, 2.24) is 4.31 Å². The summed E-state index contributed by atoms with van der Waals surface area (Å²) >= 11 is 2.15. The Morgan fingerprint density at radius 1 is 1.09 bits per heavy atom. The molecule has 0 saturated carbocycles. The van der Waals surface area contributed by atoms with Gasteiger partial charge in [0.15, 0.2) is 0 Å². The summed E-state index contributed by atoms with van der Waals surface area (Å²) in [6, 6.07) is 10.2. The van der Waals surface area contributed by atoms with Crippen LogP contribution in [0.15, 0.2) is 47.4 Å². The number of Topliss-reactive ketones (excluding diaryl/α,β-unsaturated/α-hetero) is 1. The first-order valence-corrected chi connectivity index (χ1v) is 12.5. The molecule has 1 amide bonds. The number of ketones is 1. The predicted molar refractivity (Wildman–Crippen MR) is 120 cm³/mol. The molecule has 0 spiro atoms. The van der Waals surface area contributed by atoms with Crippen molar-refractivity contribution in [2.45, 2.75) is 36.7 Å². The highest BCUT2D eigenvalue weighted by molar-refractivity contribution is 14.1. The van der Waals surface area contributed by atoms with Gasteiger partial charge < -0.3 is 4.90 Å². The van der Waals surface area contributed by atoms with E-state index in [1.54, 1.807) is 0 Å². The van der Waals surface area contributed by atoms with E-state index in [1.165, 1.54) is 17.0 Å².